The molecule has 1 aliphatic rings. The van der Waals surface area contributed by atoms with E-state index in [1.165, 1.54) is 0 Å². The van der Waals surface area contributed by atoms with E-state index in [9.17, 15) is 5.11 Å². The SMILES string of the molecule is COCc1ccc(C2CC(O)c3cc(C)ccc3O2)cc1. The lowest BCUT2D eigenvalue weighted by Gasteiger charge is -2.30. The topological polar surface area (TPSA) is 38.7 Å². The zero-order valence-electron chi connectivity index (χ0n) is 12.4. The summed E-state index contributed by atoms with van der Waals surface area (Å²) in [5, 5.41) is 10.4. The Bertz CT molecular complexity index is 619. The molecule has 0 radical (unpaired) electrons. The van der Waals surface area contributed by atoms with Gasteiger partial charge in [0.2, 0.25) is 0 Å². The third kappa shape index (κ3) is 2.94. The summed E-state index contributed by atoms with van der Waals surface area (Å²) < 4.78 is 11.2. The van der Waals surface area contributed by atoms with Crippen LogP contribution in [0.15, 0.2) is 42.5 Å². The molecule has 3 rings (SSSR count). The van der Waals surface area contributed by atoms with Crippen molar-refractivity contribution in [3.8, 4) is 5.75 Å². The van der Waals surface area contributed by atoms with Crippen molar-refractivity contribution in [2.45, 2.75) is 32.2 Å². The number of methoxy groups -OCH3 is 1. The van der Waals surface area contributed by atoms with Crippen LogP contribution in [-0.4, -0.2) is 12.2 Å². The molecule has 2 aromatic carbocycles. The normalized spacial score (nSPS) is 20.7. The van der Waals surface area contributed by atoms with Crippen molar-refractivity contribution in [1.29, 1.82) is 0 Å². The maximum absolute atomic E-state index is 10.4. The second-order valence-electron chi connectivity index (χ2n) is 5.57. The van der Waals surface area contributed by atoms with E-state index >= 15 is 0 Å². The van der Waals surface area contributed by atoms with Crippen molar-refractivity contribution < 1.29 is 14.6 Å². The van der Waals surface area contributed by atoms with Crippen LogP contribution in [0.1, 0.15) is 40.9 Å². The summed E-state index contributed by atoms with van der Waals surface area (Å²) in [4.78, 5) is 0. The highest BCUT2D eigenvalue weighted by Gasteiger charge is 2.27. The van der Waals surface area contributed by atoms with E-state index in [4.69, 9.17) is 9.47 Å². The molecule has 0 spiro atoms. The minimum absolute atomic E-state index is 0.105. The molecule has 0 fully saturated rings. The molecular weight excluding hydrogens is 264 g/mol. The summed E-state index contributed by atoms with van der Waals surface area (Å²) in [5.41, 5.74) is 4.25. The number of ether oxygens (including phenoxy) is 2. The molecule has 2 aromatic rings. The number of aliphatic hydroxyl groups excluding tert-OH is 1. The van der Waals surface area contributed by atoms with Gasteiger partial charge in [0.05, 0.1) is 12.7 Å². The minimum Gasteiger partial charge on any atom is -0.485 e. The van der Waals surface area contributed by atoms with E-state index in [1.807, 2.05) is 49.4 Å². The minimum atomic E-state index is -0.475. The molecule has 1 aliphatic heterocycles. The van der Waals surface area contributed by atoms with Crippen LogP contribution in [0.2, 0.25) is 0 Å². The molecule has 0 bridgehead atoms. The Morgan fingerprint density at radius 1 is 1.19 bits per heavy atom. The van der Waals surface area contributed by atoms with Crippen LogP contribution in [0, 0.1) is 6.92 Å². The predicted octanol–water partition coefficient (Wildman–Crippen LogP) is 3.70. The Kier molecular flexibility index (Phi) is 3.95. The van der Waals surface area contributed by atoms with Crippen molar-refractivity contribution in [3.63, 3.8) is 0 Å². The van der Waals surface area contributed by atoms with Crippen LogP contribution in [-0.2, 0) is 11.3 Å². The lowest BCUT2D eigenvalue weighted by atomic mass is 9.93. The van der Waals surface area contributed by atoms with Crippen LogP contribution in [0.5, 0.6) is 5.75 Å². The summed E-state index contributed by atoms with van der Waals surface area (Å²) >= 11 is 0. The lowest BCUT2D eigenvalue weighted by Crippen LogP contribution is -2.19. The molecule has 0 saturated carbocycles. The van der Waals surface area contributed by atoms with Gasteiger partial charge in [-0.15, -0.1) is 0 Å². The van der Waals surface area contributed by atoms with Gasteiger partial charge in [-0.05, 0) is 30.2 Å². The van der Waals surface area contributed by atoms with Crippen LogP contribution in [0.4, 0.5) is 0 Å². The van der Waals surface area contributed by atoms with Gasteiger partial charge in [-0.25, -0.2) is 0 Å². The van der Waals surface area contributed by atoms with Crippen molar-refractivity contribution >= 4 is 0 Å². The monoisotopic (exact) mass is 284 g/mol. The molecule has 2 atom stereocenters. The largest absolute Gasteiger partial charge is 0.485 e. The maximum atomic E-state index is 10.4. The number of benzene rings is 2. The predicted molar refractivity (Wildman–Crippen MR) is 81.3 cm³/mol. The molecule has 3 nitrogen and oxygen atoms in total. The van der Waals surface area contributed by atoms with Gasteiger partial charge in [0.25, 0.3) is 0 Å². The molecule has 110 valence electrons. The van der Waals surface area contributed by atoms with Crippen molar-refractivity contribution in [2.24, 2.45) is 0 Å². The summed E-state index contributed by atoms with van der Waals surface area (Å²) in [5.74, 6) is 0.783. The van der Waals surface area contributed by atoms with Crippen LogP contribution < -0.4 is 4.74 Å². The summed E-state index contributed by atoms with van der Waals surface area (Å²) in [6.45, 7) is 2.63. The number of fused-ring (bicyclic) bond motifs is 1. The Labute approximate surface area is 125 Å². The fraction of sp³-hybridized carbons (Fsp3) is 0.333. The third-order valence-electron chi connectivity index (χ3n) is 3.89. The molecule has 0 aliphatic carbocycles. The highest BCUT2D eigenvalue weighted by molar-refractivity contribution is 5.41. The Hall–Kier alpha value is -1.84. The number of aliphatic hydroxyl groups is 1. The van der Waals surface area contributed by atoms with Gasteiger partial charge in [0.1, 0.15) is 11.9 Å². The summed E-state index contributed by atoms with van der Waals surface area (Å²) in [7, 11) is 1.69. The van der Waals surface area contributed by atoms with E-state index in [0.717, 1.165) is 28.0 Å². The van der Waals surface area contributed by atoms with E-state index < -0.39 is 6.10 Å². The van der Waals surface area contributed by atoms with Crippen LogP contribution >= 0.6 is 0 Å². The molecule has 0 amide bonds. The van der Waals surface area contributed by atoms with Gasteiger partial charge in [-0.3, -0.25) is 0 Å². The summed E-state index contributed by atoms with van der Waals surface area (Å²) in [6, 6.07) is 14.1. The van der Waals surface area contributed by atoms with Gasteiger partial charge in [-0.1, -0.05) is 35.9 Å². The highest BCUT2D eigenvalue weighted by atomic mass is 16.5. The maximum Gasteiger partial charge on any atom is 0.127 e. The van der Waals surface area contributed by atoms with Crippen molar-refractivity contribution in [2.75, 3.05) is 7.11 Å². The first-order chi connectivity index (χ1) is 10.2. The number of hydrogen-bond donors (Lipinski definition) is 1. The first-order valence-electron chi connectivity index (χ1n) is 7.20. The number of hydrogen-bond acceptors (Lipinski definition) is 3. The fourth-order valence-corrected chi connectivity index (χ4v) is 2.77. The molecule has 2 unspecified atom stereocenters. The molecular formula is C18H20O3. The molecule has 3 heteroatoms. The highest BCUT2D eigenvalue weighted by Crippen LogP contribution is 2.41. The van der Waals surface area contributed by atoms with Crippen molar-refractivity contribution in [3.05, 3.63) is 64.7 Å². The quantitative estimate of drug-likeness (QED) is 0.934. The van der Waals surface area contributed by atoms with Gasteiger partial charge >= 0.3 is 0 Å². The molecule has 1 heterocycles. The third-order valence-corrected chi connectivity index (χ3v) is 3.89. The second kappa shape index (κ2) is 5.88. The van der Waals surface area contributed by atoms with Crippen molar-refractivity contribution in [1.82, 2.24) is 0 Å². The lowest BCUT2D eigenvalue weighted by molar-refractivity contribution is 0.0656. The van der Waals surface area contributed by atoms with Gasteiger partial charge in [0.15, 0.2) is 0 Å². The van der Waals surface area contributed by atoms with Gasteiger partial charge in [-0.2, -0.15) is 0 Å². The molecule has 21 heavy (non-hydrogen) atoms. The fourth-order valence-electron chi connectivity index (χ4n) is 2.77. The zero-order chi connectivity index (χ0) is 14.8. The van der Waals surface area contributed by atoms with Crippen LogP contribution in [0.25, 0.3) is 0 Å². The van der Waals surface area contributed by atoms with E-state index in [2.05, 4.69) is 0 Å². The zero-order valence-corrected chi connectivity index (χ0v) is 12.4. The number of aryl methyl sites for hydroxylation is 1. The Morgan fingerprint density at radius 2 is 1.95 bits per heavy atom. The molecule has 0 aromatic heterocycles. The number of rotatable bonds is 3. The van der Waals surface area contributed by atoms with E-state index in [0.29, 0.717) is 13.0 Å². The van der Waals surface area contributed by atoms with Gasteiger partial charge in [0, 0.05) is 19.1 Å². The van der Waals surface area contributed by atoms with Gasteiger partial charge < -0.3 is 14.6 Å². The smallest absolute Gasteiger partial charge is 0.127 e. The molecule has 0 saturated heterocycles. The van der Waals surface area contributed by atoms with Crippen LogP contribution in [0.3, 0.4) is 0 Å². The standard InChI is InChI=1S/C18H20O3/c1-12-3-8-17-15(9-12)16(19)10-18(21-17)14-6-4-13(5-7-14)11-20-2/h3-9,16,18-19H,10-11H2,1-2H3. The Balaban J connectivity index is 1.83. The Morgan fingerprint density at radius 3 is 2.67 bits per heavy atom. The first-order valence-corrected chi connectivity index (χ1v) is 7.20. The summed E-state index contributed by atoms with van der Waals surface area (Å²) in [6.07, 6.45) is 0.00388. The molecule has 1 N–H and O–H groups in total. The average Bonchev–Trinajstić information content (AvgIpc) is 2.49. The first kappa shape index (κ1) is 14.1. The van der Waals surface area contributed by atoms with E-state index in [-0.39, 0.29) is 6.10 Å². The second-order valence-corrected chi connectivity index (χ2v) is 5.57. The van der Waals surface area contributed by atoms with E-state index in [1.54, 1.807) is 7.11 Å². The average molecular weight is 284 g/mol.